The smallest absolute Gasteiger partial charge is 0.123 e. The molecule has 1 heteroatoms. The van der Waals surface area contributed by atoms with Gasteiger partial charge < -0.3 is 4.79 Å². The molecule has 0 aromatic carbocycles. The molecule has 0 aliphatic heterocycles. The fourth-order valence-corrected chi connectivity index (χ4v) is 3.53. The molecule has 0 spiro atoms. The van der Waals surface area contributed by atoms with Gasteiger partial charge in [-0.05, 0) is 37.0 Å². The molecule has 0 heterocycles. The summed E-state index contributed by atoms with van der Waals surface area (Å²) in [7, 11) is 0. The van der Waals surface area contributed by atoms with Gasteiger partial charge in [-0.2, -0.15) is 0 Å². The summed E-state index contributed by atoms with van der Waals surface area (Å²) < 4.78 is 0. The second kappa shape index (κ2) is 3.43. The molecule has 0 N–H and O–H groups in total. The van der Waals surface area contributed by atoms with Crippen LogP contribution in [0.5, 0.6) is 0 Å². The maximum atomic E-state index is 11.0. The number of hydrogen-bond acceptors (Lipinski definition) is 1. The molecular weight excluding hydrogens is 160 g/mol. The van der Waals surface area contributed by atoms with Crippen molar-refractivity contribution >= 4 is 6.29 Å². The summed E-state index contributed by atoms with van der Waals surface area (Å²) in [6.45, 7) is 2.36. The standard InChI is InChI=1S/C12H20O/c1-12-8-3-2-5-10(12)6-4-7-11(12)9-13/h9-11H,2-8H2,1H3/t10-,11+,12-/m1/s1. The molecule has 0 radical (unpaired) electrons. The topological polar surface area (TPSA) is 17.1 Å². The van der Waals surface area contributed by atoms with Crippen LogP contribution in [0.15, 0.2) is 0 Å². The summed E-state index contributed by atoms with van der Waals surface area (Å²) >= 11 is 0. The maximum Gasteiger partial charge on any atom is 0.123 e. The number of aldehydes is 1. The van der Waals surface area contributed by atoms with Crippen LogP contribution >= 0.6 is 0 Å². The molecule has 2 saturated carbocycles. The van der Waals surface area contributed by atoms with E-state index in [1.165, 1.54) is 44.8 Å². The second-order valence-electron chi connectivity index (χ2n) is 5.12. The van der Waals surface area contributed by atoms with Gasteiger partial charge in [-0.3, -0.25) is 0 Å². The Morgan fingerprint density at radius 2 is 1.92 bits per heavy atom. The van der Waals surface area contributed by atoms with Crippen molar-refractivity contribution < 1.29 is 4.79 Å². The Morgan fingerprint density at radius 1 is 1.15 bits per heavy atom. The van der Waals surface area contributed by atoms with Crippen LogP contribution in [0, 0.1) is 17.3 Å². The number of carbonyl (C=O) groups excluding carboxylic acids is 1. The molecule has 2 rings (SSSR count). The highest BCUT2D eigenvalue weighted by Crippen LogP contribution is 2.52. The third kappa shape index (κ3) is 1.43. The molecule has 0 saturated heterocycles. The van der Waals surface area contributed by atoms with Gasteiger partial charge in [0.15, 0.2) is 0 Å². The van der Waals surface area contributed by atoms with Crippen LogP contribution in [0.1, 0.15) is 51.9 Å². The second-order valence-corrected chi connectivity index (χ2v) is 5.12. The normalized spacial score (nSPS) is 45.3. The van der Waals surface area contributed by atoms with Crippen LogP contribution < -0.4 is 0 Å². The summed E-state index contributed by atoms with van der Waals surface area (Å²) in [6.07, 6.45) is 10.4. The molecule has 1 nitrogen and oxygen atoms in total. The lowest BCUT2D eigenvalue weighted by atomic mass is 9.56. The first-order valence-corrected chi connectivity index (χ1v) is 5.72. The Labute approximate surface area is 80.9 Å². The van der Waals surface area contributed by atoms with Crippen LogP contribution in [0.25, 0.3) is 0 Å². The number of fused-ring (bicyclic) bond motifs is 1. The molecule has 0 aromatic rings. The molecule has 0 bridgehead atoms. The van der Waals surface area contributed by atoms with Gasteiger partial charge in [-0.25, -0.2) is 0 Å². The van der Waals surface area contributed by atoms with Gasteiger partial charge >= 0.3 is 0 Å². The van der Waals surface area contributed by atoms with Gasteiger partial charge in [0.05, 0.1) is 0 Å². The summed E-state index contributed by atoms with van der Waals surface area (Å²) in [5, 5.41) is 0. The van der Waals surface area contributed by atoms with Crippen molar-refractivity contribution in [3.63, 3.8) is 0 Å². The maximum absolute atomic E-state index is 11.0. The highest BCUT2D eigenvalue weighted by Gasteiger charge is 2.44. The zero-order valence-corrected chi connectivity index (χ0v) is 8.59. The average molecular weight is 180 g/mol. The van der Waals surface area contributed by atoms with Gasteiger partial charge in [0.1, 0.15) is 6.29 Å². The molecule has 0 aromatic heterocycles. The Bertz CT molecular complexity index is 197. The predicted molar refractivity (Wildman–Crippen MR) is 53.5 cm³/mol. The Kier molecular flexibility index (Phi) is 2.44. The van der Waals surface area contributed by atoms with E-state index >= 15 is 0 Å². The van der Waals surface area contributed by atoms with E-state index < -0.39 is 0 Å². The van der Waals surface area contributed by atoms with Crippen molar-refractivity contribution in [2.75, 3.05) is 0 Å². The highest BCUT2D eigenvalue weighted by molar-refractivity contribution is 5.55. The summed E-state index contributed by atoms with van der Waals surface area (Å²) in [6, 6.07) is 0. The Hall–Kier alpha value is -0.330. The molecule has 2 aliphatic carbocycles. The van der Waals surface area contributed by atoms with Crippen molar-refractivity contribution in [3.8, 4) is 0 Å². The average Bonchev–Trinajstić information content (AvgIpc) is 2.16. The number of hydrogen-bond donors (Lipinski definition) is 0. The zero-order chi connectivity index (χ0) is 9.31. The molecule has 0 amide bonds. The van der Waals surface area contributed by atoms with Gasteiger partial charge in [0, 0.05) is 5.92 Å². The van der Waals surface area contributed by atoms with Gasteiger partial charge in [0.25, 0.3) is 0 Å². The van der Waals surface area contributed by atoms with Gasteiger partial charge in [-0.1, -0.05) is 26.2 Å². The highest BCUT2D eigenvalue weighted by atomic mass is 16.1. The third-order valence-corrected chi connectivity index (χ3v) is 4.53. The zero-order valence-electron chi connectivity index (χ0n) is 8.59. The quantitative estimate of drug-likeness (QED) is 0.566. The van der Waals surface area contributed by atoms with Crippen LogP contribution in [0.3, 0.4) is 0 Å². The van der Waals surface area contributed by atoms with Crippen LogP contribution in [-0.4, -0.2) is 6.29 Å². The van der Waals surface area contributed by atoms with Crippen molar-refractivity contribution in [1.29, 1.82) is 0 Å². The first-order valence-electron chi connectivity index (χ1n) is 5.72. The van der Waals surface area contributed by atoms with E-state index in [2.05, 4.69) is 6.92 Å². The van der Waals surface area contributed by atoms with Crippen LogP contribution in [0.2, 0.25) is 0 Å². The monoisotopic (exact) mass is 180 g/mol. The van der Waals surface area contributed by atoms with E-state index in [-0.39, 0.29) is 0 Å². The fraction of sp³-hybridized carbons (Fsp3) is 0.917. The predicted octanol–water partition coefficient (Wildman–Crippen LogP) is 3.18. The fourth-order valence-electron chi connectivity index (χ4n) is 3.53. The molecular formula is C12H20O. The van der Waals surface area contributed by atoms with E-state index in [0.717, 1.165) is 12.3 Å². The minimum atomic E-state index is 0.367. The van der Waals surface area contributed by atoms with Crippen LogP contribution in [0.4, 0.5) is 0 Å². The first-order chi connectivity index (χ1) is 6.27. The van der Waals surface area contributed by atoms with Crippen molar-refractivity contribution in [2.45, 2.75) is 51.9 Å². The minimum absolute atomic E-state index is 0.367. The lowest BCUT2D eigenvalue weighted by Crippen LogP contribution is -2.41. The molecule has 74 valence electrons. The largest absolute Gasteiger partial charge is 0.303 e. The van der Waals surface area contributed by atoms with E-state index in [0.29, 0.717) is 11.3 Å². The Morgan fingerprint density at radius 3 is 2.69 bits per heavy atom. The Balaban J connectivity index is 2.18. The lowest BCUT2D eigenvalue weighted by Gasteiger charge is -2.48. The summed E-state index contributed by atoms with van der Waals surface area (Å²) in [5.74, 6) is 1.22. The van der Waals surface area contributed by atoms with E-state index in [1.54, 1.807) is 0 Å². The molecule has 0 unspecified atom stereocenters. The first kappa shape index (κ1) is 9.23. The SMILES string of the molecule is C[C@@]12CCCC[C@@H]1CCC[C@H]2C=O. The lowest BCUT2D eigenvalue weighted by molar-refractivity contribution is -0.120. The number of rotatable bonds is 1. The number of carbonyl (C=O) groups is 1. The van der Waals surface area contributed by atoms with Crippen LogP contribution in [-0.2, 0) is 4.79 Å². The third-order valence-electron chi connectivity index (χ3n) is 4.53. The van der Waals surface area contributed by atoms with Crippen molar-refractivity contribution in [1.82, 2.24) is 0 Å². The molecule has 2 aliphatic rings. The summed E-state index contributed by atoms with van der Waals surface area (Å²) in [5.41, 5.74) is 0.373. The van der Waals surface area contributed by atoms with Crippen molar-refractivity contribution in [2.24, 2.45) is 17.3 Å². The van der Waals surface area contributed by atoms with Gasteiger partial charge in [-0.15, -0.1) is 0 Å². The van der Waals surface area contributed by atoms with E-state index in [1.807, 2.05) is 0 Å². The van der Waals surface area contributed by atoms with E-state index in [9.17, 15) is 4.79 Å². The molecule has 13 heavy (non-hydrogen) atoms. The summed E-state index contributed by atoms with van der Waals surface area (Å²) in [4.78, 5) is 11.0. The molecule has 2 fully saturated rings. The van der Waals surface area contributed by atoms with E-state index in [4.69, 9.17) is 0 Å². The van der Waals surface area contributed by atoms with Gasteiger partial charge in [0.2, 0.25) is 0 Å². The van der Waals surface area contributed by atoms with Crippen molar-refractivity contribution in [3.05, 3.63) is 0 Å². The minimum Gasteiger partial charge on any atom is -0.303 e. The molecule has 3 atom stereocenters.